The SMILES string of the molecule is CNC(Cc1ccc(C)c(C)c1)c1cncc(OC)c1. The highest BCUT2D eigenvalue weighted by Crippen LogP contribution is 2.22. The summed E-state index contributed by atoms with van der Waals surface area (Å²) >= 11 is 0. The number of hydrogen-bond donors (Lipinski definition) is 1. The first kappa shape index (κ1) is 14.5. The van der Waals surface area contributed by atoms with Gasteiger partial charge in [0.05, 0.1) is 13.3 Å². The maximum Gasteiger partial charge on any atom is 0.137 e. The highest BCUT2D eigenvalue weighted by atomic mass is 16.5. The Hall–Kier alpha value is -1.87. The predicted molar refractivity (Wildman–Crippen MR) is 82.2 cm³/mol. The summed E-state index contributed by atoms with van der Waals surface area (Å²) in [4.78, 5) is 4.23. The maximum absolute atomic E-state index is 5.24. The molecule has 3 heteroatoms. The molecule has 1 unspecified atom stereocenters. The Morgan fingerprint density at radius 2 is 1.95 bits per heavy atom. The van der Waals surface area contributed by atoms with Crippen LogP contribution < -0.4 is 10.1 Å². The van der Waals surface area contributed by atoms with Gasteiger partial charge in [0.15, 0.2) is 0 Å². The molecule has 0 amide bonds. The number of rotatable bonds is 5. The lowest BCUT2D eigenvalue weighted by Crippen LogP contribution is -2.19. The quantitative estimate of drug-likeness (QED) is 0.906. The molecule has 1 aromatic heterocycles. The summed E-state index contributed by atoms with van der Waals surface area (Å²) < 4.78 is 5.24. The number of nitrogens with one attached hydrogen (secondary N) is 1. The minimum atomic E-state index is 0.236. The van der Waals surface area contributed by atoms with Crippen LogP contribution in [0, 0.1) is 13.8 Å². The molecule has 0 radical (unpaired) electrons. The molecule has 106 valence electrons. The highest BCUT2D eigenvalue weighted by Gasteiger charge is 2.12. The van der Waals surface area contributed by atoms with E-state index in [4.69, 9.17) is 4.74 Å². The second-order valence-corrected chi connectivity index (χ2v) is 5.12. The van der Waals surface area contributed by atoms with Crippen LogP contribution in [-0.4, -0.2) is 19.1 Å². The van der Waals surface area contributed by atoms with E-state index in [2.05, 4.69) is 42.3 Å². The molecule has 0 bridgehead atoms. The van der Waals surface area contributed by atoms with Gasteiger partial charge in [-0.2, -0.15) is 0 Å². The Morgan fingerprint density at radius 1 is 1.15 bits per heavy atom. The fourth-order valence-electron chi connectivity index (χ4n) is 2.29. The molecule has 0 fully saturated rings. The van der Waals surface area contributed by atoms with Crippen molar-refractivity contribution in [2.24, 2.45) is 0 Å². The first-order chi connectivity index (χ1) is 9.63. The standard InChI is InChI=1S/C17H22N2O/c1-12-5-6-14(7-13(12)2)8-17(18-3)15-9-16(20-4)11-19-10-15/h5-7,9-11,17-18H,8H2,1-4H3. The molecule has 20 heavy (non-hydrogen) atoms. The molecule has 0 aliphatic heterocycles. The number of nitrogens with zero attached hydrogens (tertiary/aromatic N) is 1. The Morgan fingerprint density at radius 3 is 2.60 bits per heavy atom. The van der Waals surface area contributed by atoms with E-state index >= 15 is 0 Å². The van der Waals surface area contributed by atoms with E-state index < -0.39 is 0 Å². The van der Waals surface area contributed by atoms with Crippen molar-refractivity contribution in [3.63, 3.8) is 0 Å². The lowest BCUT2D eigenvalue weighted by atomic mass is 9.97. The summed E-state index contributed by atoms with van der Waals surface area (Å²) in [5.41, 5.74) is 5.14. The number of pyridine rings is 1. The number of aromatic nitrogens is 1. The molecule has 1 heterocycles. The van der Waals surface area contributed by atoms with E-state index in [0.29, 0.717) is 0 Å². The summed E-state index contributed by atoms with van der Waals surface area (Å²) in [6, 6.07) is 8.91. The number of benzene rings is 1. The summed E-state index contributed by atoms with van der Waals surface area (Å²) in [5.74, 6) is 0.794. The molecule has 0 saturated carbocycles. The molecule has 1 atom stereocenters. The third-order valence-corrected chi connectivity index (χ3v) is 3.73. The van der Waals surface area contributed by atoms with Crippen LogP contribution in [0.3, 0.4) is 0 Å². The van der Waals surface area contributed by atoms with Crippen molar-refractivity contribution in [2.45, 2.75) is 26.3 Å². The van der Waals surface area contributed by atoms with Crippen molar-refractivity contribution in [1.82, 2.24) is 10.3 Å². The van der Waals surface area contributed by atoms with Crippen LogP contribution in [0.5, 0.6) is 5.75 Å². The molecule has 3 nitrogen and oxygen atoms in total. The summed E-state index contributed by atoms with van der Waals surface area (Å²) in [5, 5.41) is 3.36. The van der Waals surface area contributed by atoms with Crippen LogP contribution in [0.15, 0.2) is 36.7 Å². The lowest BCUT2D eigenvalue weighted by Gasteiger charge is -2.17. The van der Waals surface area contributed by atoms with Gasteiger partial charge in [-0.25, -0.2) is 0 Å². The lowest BCUT2D eigenvalue weighted by molar-refractivity contribution is 0.411. The van der Waals surface area contributed by atoms with Gasteiger partial charge in [-0.3, -0.25) is 4.98 Å². The van der Waals surface area contributed by atoms with Crippen LogP contribution in [0.25, 0.3) is 0 Å². The van der Waals surface area contributed by atoms with Crippen molar-refractivity contribution in [3.8, 4) is 5.75 Å². The molecule has 1 N–H and O–H groups in total. The predicted octanol–water partition coefficient (Wildman–Crippen LogP) is 3.21. The van der Waals surface area contributed by atoms with Crippen LogP contribution in [-0.2, 0) is 6.42 Å². The second kappa shape index (κ2) is 6.53. The van der Waals surface area contributed by atoms with Gasteiger partial charge in [0, 0.05) is 12.2 Å². The topological polar surface area (TPSA) is 34.2 Å². The first-order valence-electron chi connectivity index (χ1n) is 6.86. The van der Waals surface area contributed by atoms with E-state index in [1.807, 2.05) is 19.3 Å². The zero-order chi connectivity index (χ0) is 14.5. The largest absolute Gasteiger partial charge is 0.495 e. The van der Waals surface area contributed by atoms with E-state index in [1.54, 1.807) is 13.3 Å². The van der Waals surface area contributed by atoms with Crippen molar-refractivity contribution in [1.29, 1.82) is 0 Å². The Balaban J connectivity index is 2.21. The Labute approximate surface area is 121 Å². The fraction of sp³-hybridized carbons (Fsp3) is 0.353. The van der Waals surface area contributed by atoms with E-state index in [9.17, 15) is 0 Å². The molecule has 1 aromatic carbocycles. The van der Waals surface area contributed by atoms with Gasteiger partial charge in [0.1, 0.15) is 5.75 Å². The molecule has 0 aliphatic rings. The molecule has 2 aromatic rings. The van der Waals surface area contributed by atoms with Crippen molar-refractivity contribution in [3.05, 3.63) is 58.9 Å². The van der Waals surface area contributed by atoms with Crippen molar-refractivity contribution >= 4 is 0 Å². The number of likely N-dealkylation sites (N-methyl/N-ethyl adjacent to an activating group) is 1. The molecule has 0 aliphatic carbocycles. The van der Waals surface area contributed by atoms with Gasteiger partial charge in [-0.1, -0.05) is 18.2 Å². The number of ether oxygens (including phenoxy) is 1. The van der Waals surface area contributed by atoms with E-state index in [-0.39, 0.29) is 6.04 Å². The van der Waals surface area contributed by atoms with Crippen LogP contribution >= 0.6 is 0 Å². The van der Waals surface area contributed by atoms with Gasteiger partial charge < -0.3 is 10.1 Å². The minimum Gasteiger partial charge on any atom is -0.495 e. The monoisotopic (exact) mass is 270 g/mol. The van der Waals surface area contributed by atoms with Gasteiger partial charge in [0.2, 0.25) is 0 Å². The number of methoxy groups -OCH3 is 1. The van der Waals surface area contributed by atoms with E-state index in [0.717, 1.165) is 17.7 Å². The van der Waals surface area contributed by atoms with Gasteiger partial charge >= 0.3 is 0 Å². The second-order valence-electron chi connectivity index (χ2n) is 5.12. The summed E-state index contributed by atoms with van der Waals surface area (Å²) in [7, 11) is 3.64. The van der Waals surface area contributed by atoms with Gasteiger partial charge in [0.25, 0.3) is 0 Å². The van der Waals surface area contributed by atoms with Crippen LogP contribution in [0.4, 0.5) is 0 Å². The average Bonchev–Trinajstić information content (AvgIpc) is 2.48. The molecule has 0 spiro atoms. The Kier molecular flexibility index (Phi) is 4.74. The van der Waals surface area contributed by atoms with Gasteiger partial charge in [-0.15, -0.1) is 0 Å². The Bertz CT molecular complexity index is 581. The molecular formula is C17H22N2O. The normalized spacial score (nSPS) is 12.2. The van der Waals surface area contributed by atoms with Crippen molar-refractivity contribution in [2.75, 3.05) is 14.2 Å². The molecule has 2 rings (SSSR count). The van der Waals surface area contributed by atoms with E-state index in [1.165, 1.54) is 16.7 Å². The fourth-order valence-corrected chi connectivity index (χ4v) is 2.29. The number of hydrogen-bond acceptors (Lipinski definition) is 3. The zero-order valence-corrected chi connectivity index (χ0v) is 12.6. The van der Waals surface area contributed by atoms with Crippen LogP contribution in [0.1, 0.15) is 28.3 Å². The maximum atomic E-state index is 5.24. The van der Waals surface area contributed by atoms with Crippen molar-refractivity contribution < 1.29 is 4.74 Å². The molecular weight excluding hydrogens is 248 g/mol. The summed E-state index contributed by atoms with van der Waals surface area (Å²) in [6.07, 6.45) is 4.56. The zero-order valence-electron chi connectivity index (χ0n) is 12.6. The minimum absolute atomic E-state index is 0.236. The van der Waals surface area contributed by atoms with Crippen LogP contribution in [0.2, 0.25) is 0 Å². The highest BCUT2D eigenvalue weighted by molar-refractivity contribution is 5.32. The molecule has 0 saturated heterocycles. The third-order valence-electron chi connectivity index (χ3n) is 3.73. The average molecular weight is 270 g/mol. The number of aryl methyl sites for hydroxylation is 2. The van der Waals surface area contributed by atoms with Gasteiger partial charge in [-0.05, 0) is 55.6 Å². The summed E-state index contributed by atoms with van der Waals surface area (Å²) in [6.45, 7) is 4.29. The first-order valence-corrected chi connectivity index (χ1v) is 6.86. The third kappa shape index (κ3) is 3.36. The smallest absolute Gasteiger partial charge is 0.137 e.